The molecule has 16 heavy (non-hydrogen) atoms. The van der Waals surface area contributed by atoms with E-state index in [9.17, 15) is 4.79 Å². The number of carbonyl (C=O) groups excluding carboxylic acids is 1. The molecule has 4 heteroatoms. The van der Waals surface area contributed by atoms with E-state index in [1.807, 2.05) is 0 Å². The Labute approximate surface area is 97.1 Å². The third kappa shape index (κ3) is 5.74. The van der Waals surface area contributed by atoms with Gasteiger partial charge in [0, 0.05) is 6.42 Å². The summed E-state index contributed by atoms with van der Waals surface area (Å²) in [6.45, 7) is 4.73. The zero-order valence-electron chi connectivity index (χ0n) is 9.84. The van der Waals surface area contributed by atoms with Gasteiger partial charge in [-0.05, 0) is 32.9 Å². The molecular weight excluding hydrogens is 204 g/mol. The molecule has 1 amide bonds. The Balaban J connectivity index is 2.00. The molecule has 1 rings (SSSR count). The molecule has 2 N–H and O–H groups in total. The van der Waals surface area contributed by atoms with Crippen molar-refractivity contribution in [1.82, 2.24) is 10.6 Å². The van der Waals surface area contributed by atoms with Crippen molar-refractivity contribution >= 4 is 5.91 Å². The molecule has 0 bridgehead atoms. The summed E-state index contributed by atoms with van der Waals surface area (Å²) in [4.78, 5) is 11.3. The highest BCUT2D eigenvalue weighted by molar-refractivity contribution is 5.76. The molecule has 0 radical (unpaired) electrons. The summed E-state index contributed by atoms with van der Waals surface area (Å²) in [5.41, 5.74) is 0. The summed E-state index contributed by atoms with van der Waals surface area (Å²) in [5.74, 6) is 5.53. The van der Waals surface area contributed by atoms with Crippen LogP contribution in [0.25, 0.3) is 0 Å². The van der Waals surface area contributed by atoms with Gasteiger partial charge >= 0.3 is 0 Å². The van der Waals surface area contributed by atoms with E-state index in [1.165, 1.54) is 0 Å². The first-order valence-corrected chi connectivity index (χ1v) is 5.81. The van der Waals surface area contributed by atoms with Crippen LogP contribution in [0.5, 0.6) is 0 Å². The predicted octanol–water partition coefficient (Wildman–Crippen LogP) is 0.285. The van der Waals surface area contributed by atoms with Crippen LogP contribution in [0.4, 0.5) is 0 Å². The number of nitrogens with one attached hydrogen (secondary N) is 2. The van der Waals surface area contributed by atoms with Gasteiger partial charge in [0.15, 0.2) is 0 Å². The van der Waals surface area contributed by atoms with Crippen LogP contribution in [0, 0.1) is 11.8 Å². The van der Waals surface area contributed by atoms with E-state index in [2.05, 4.69) is 22.5 Å². The number of piperidine rings is 1. The van der Waals surface area contributed by atoms with Crippen LogP contribution in [-0.2, 0) is 9.53 Å². The van der Waals surface area contributed by atoms with E-state index in [0.717, 1.165) is 25.9 Å². The number of hydrogen-bond acceptors (Lipinski definition) is 3. The van der Waals surface area contributed by atoms with Gasteiger partial charge in [-0.25, -0.2) is 0 Å². The molecule has 1 fully saturated rings. The molecule has 1 aliphatic rings. The van der Waals surface area contributed by atoms with E-state index in [4.69, 9.17) is 4.74 Å². The molecule has 0 aliphatic carbocycles. The zero-order valence-corrected chi connectivity index (χ0v) is 9.84. The molecule has 0 unspecified atom stereocenters. The maximum absolute atomic E-state index is 11.3. The van der Waals surface area contributed by atoms with E-state index in [1.54, 1.807) is 6.92 Å². The van der Waals surface area contributed by atoms with Crippen LogP contribution in [0.15, 0.2) is 0 Å². The summed E-state index contributed by atoms with van der Waals surface area (Å²) >= 11 is 0. The third-order valence-corrected chi connectivity index (χ3v) is 2.52. The summed E-state index contributed by atoms with van der Waals surface area (Å²) in [7, 11) is 0. The smallest absolute Gasteiger partial charge is 0.223 e. The van der Waals surface area contributed by atoms with E-state index in [-0.39, 0.29) is 5.91 Å². The maximum Gasteiger partial charge on any atom is 0.223 e. The predicted molar refractivity (Wildman–Crippen MR) is 62.9 cm³/mol. The number of carbonyl (C=O) groups is 1. The monoisotopic (exact) mass is 224 g/mol. The lowest BCUT2D eigenvalue weighted by Gasteiger charge is -2.22. The number of rotatable bonds is 5. The van der Waals surface area contributed by atoms with Crippen molar-refractivity contribution in [2.24, 2.45) is 0 Å². The SMILES string of the molecule is CC#CCNC(=O)CCOC1CCNCC1. The van der Waals surface area contributed by atoms with Gasteiger partial charge in [0.05, 0.1) is 19.3 Å². The Morgan fingerprint density at radius 1 is 1.50 bits per heavy atom. The van der Waals surface area contributed by atoms with Crippen molar-refractivity contribution in [3.8, 4) is 11.8 Å². The quantitative estimate of drug-likeness (QED) is 0.660. The molecule has 0 aromatic carbocycles. The molecule has 0 aromatic rings. The number of ether oxygens (including phenoxy) is 1. The van der Waals surface area contributed by atoms with Gasteiger partial charge in [0.1, 0.15) is 0 Å². The van der Waals surface area contributed by atoms with Gasteiger partial charge in [-0.1, -0.05) is 5.92 Å². The van der Waals surface area contributed by atoms with Gasteiger partial charge in [-0.3, -0.25) is 4.79 Å². The topological polar surface area (TPSA) is 50.4 Å². The van der Waals surface area contributed by atoms with E-state index in [0.29, 0.717) is 25.7 Å². The molecule has 1 aliphatic heterocycles. The minimum absolute atomic E-state index is 0.0108. The van der Waals surface area contributed by atoms with Crippen molar-refractivity contribution in [3.63, 3.8) is 0 Å². The van der Waals surface area contributed by atoms with E-state index < -0.39 is 0 Å². The van der Waals surface area contributed by atoms with Gasteiger partial charge in [0.2, 0.25) is 5.91 Å². The van der Waals surface area contributed by atoms with Crippen LogP contribution in [0.1, 0.15) is 26.2 Å². The van der Waals surface area contributed by atoms with Crippen molar-refractivity contribution in [1.29, 1.82) is 0 Å². The molecule has 0 saturated carbocycles. The molecule has 0 spiro atoms. The van der Waals surface area contributed by atoms with E-state index >= 15 is 0 Å². The van der Waals surface area contributed by atoms with Gasteiger partial charge in [-0.15, -0.1) is 5.92 Å². The standard InChI is InChI=1S/C12H20N2O2/c1-2-3-7-14-12(15)6-10-16-11-4-8-13-9-5-11/h11,13H,4-10H2,1H3,(H,14,15). The first kappa shape index (κ1) is 13.0. The number of amides is 1. The first-order chi connectivity index (χ1) is 7.83. The number of hydrogen-bond donors (Lipinski definition) is 2. The lowest BCUT2D eigenvalue weighted by molar-refractivity contribution is -0.122. The Kier molecular flexibility index (Phi) is 6.62. The second-order valence-corrected chi connectivity index (χ2v) is 3.77. The van der Waals surface area contributed by atoms with Crippen LogP contribution < -0.4 is 10.6 Å². The molecular formula is C12H20N2O2. The minimum atomic E-state index is 0.0108. The Morgan fingerprint density at radius 3 is 2.94 bits per heavy atom. The summed E-state index contributed by atoms with van der Waals surface area (Å²) in [6.07, 6.45) is 2.84. The highest BCUT2D eigenvalue weighted by Crippen LogP contribution is 2.07. The highest BCUT2D eigenvalue weighted by atomic mass is 16.5. The molecule has 1 heterocycles. The Hall–Kier alpha value is -1.05. The normalized spacial score (nSPS) is 16.3. The van der Waals surface area contributed by atoms with Crippen LogP contribution >= 0.6 is 0 Å². The highest BCUT2D eigenvalue weighted by Gasteiger charge is 2.13. The first-order valence-electron chi connectivity index (χ1n) is 5.81. The van der Waals surface area contributed by atoms with Crippen molar-refractivity contribution in [2.45, 2.75) is 32.3 Å². The van der Waals surface area contributed by atoms with Gasteiger partial charge in [0.25, 0.3) is 0 Å². The van der Waals surface area contributed by atoms with Gasteiger partial charge < -0.3 is 15.4 Å². The Bertz CT molecular complexity index is 262. The fourth-order valence-electron chi connectivity index (χ4n) is 1.60. The second kappa shape index (κ2) is 8.14. The van der Waals surface area contributed by atoms with Crippen molar-refractivity contribution < 1.29 is 9.53 Å². The zero-order chi connectivity index (χ0) is 11.6. The summed E-state index contributed by atoms with van der Waals surface area (Å²) in [6, 6.07) is 0. The van der Waals surface area contributed by atoms with Crippen molar-refractivity contribution in [2.75, 3.05) is 26.2 Å². The lowest BCUT2D eigenvalue weighted by Crippen LogP contribution is -2.33. The fraction of sp³-hybridized carbons (Fsp3) is 0.750. The molecule has 1 saturated heterocycles. The van der Waals surface area contributed by atoms with Crippen molar-refractivity contribution in [3.05, 3.63) is 0 Å². The second-order valence-electron chi connectivity index (χ2n) is 3.77. The summed E-state index contributed by atoms with van der Waals surface area (Å²) < 4.78 is 5.62. The van der Waals surface area contributed by atoms with Crippen LogP contribution in [0.2, 0.25) is 0 Å². The average Bonchev–Trinajstić information content (AvgIpc) is 2.31. The Morgan fingerprint density at radius 2 is 2.25 bits per heavy atom. The third-order valence-electron chi connectivity index (χ3n) is 2.52. The van der Waals surface area contributed by atoms with Gasteiger partial charge in [-0.2, -0.15) is 0 Å². The summed E-state index contributed by atoms with van der Waals surface area (Å²) in [5, 5.41) is 5.99. The average molecular weight is 224 g/mol. The largest absolute Gasteiger partial charge is 0.378 e. The lowest BCUT2D eigenvalue weighted by atomic mass is 10.1. The van der Waals surface area contributed by atoms with Crippen LogP contribution in [-0.4, -0.2) is 38.3 Å². The maximum atomic E-state index is 11.3. The molecule has 90 valence electrons. The van der Waals surface area contributed by atoms with Crippen LogP contribution in [0.3, 0.4) is 0 Å². The molecule has 0 aromatic heterocycles. The fourth-order valence-corrected chi connectivity index (χ4v) is 1.60. The molecule has 4 nitrogen and oxygen atoms in total. The minimum Gasteiger partial charge on any atom is -0.378 e. The molecule has 0 atom stereocenters.